The average molecular weight is 306 g/mol. The van der Waals surface area contributed by atoms with Crippen molar-refractivity contribution >= 4 is 26.8 Å². The Balaban J connectivity index is 3.00. The molecule has 0 aliphatic rings. The zero-order chi connectivity index (χ0) is 13.0. The van der Waals surface area contributed by atoms with Crippen LogP contribution < -0.4 is 0 Å². The van der Waals surface area contributed by atoms with Crippen molar-refractivity contribution in [3.63, 3.8) is 0 Å². The number of aryl methyl sites for hydroxylation is 3. The summed E-state index contributed by atoms with van der Waals surface area (Å²) in [5.41, 5.74) is 1.67. The van der Waals surface area contributed by atoms with Crippen molar-refractivity contribution in [3.05, 3.63) is 33.4 Å². The van der Waals surface area contributed by atoms with Crippen LogP contribution in [0, 0.1) is 13.8 Å². The highest BCUT2D eigenvalue weighted by Crippen LogP contribution is 2.42. The van der Waals surface area contributed by atoms with Gasteiger partial charge in [0.25, 0.3) is 0 Å². The van der Waals surface area contributed by atoms with Crippen molar-refractivity contribution in [1.82, 2.24) is 4.57 Å². The summed E-state index contributed by atoms with van der Waals surface area (Å²) >= 11 is 3.08. The van der Waals surface area contributed by atoms with Crippen molar-refractivity contribution in [2.45, 2.75) is 20.0 Å². The van der Waals surface area contributed by atoms with Crippen LogP contribution in [-0.4, -0.2) is 4.57 Å². The summed E-state index contributed by atoms with van der Waals surface area (Å²) < 4.78 is 40.2. The largest absolute Gasteiger partial charge is 0.432 e. The highest BCUT2D eigenvalue weighted by atomic mass is 79.9. The van der Waals surface area contributed by atoms with Gasteiger partial charge in [-0.1, -0.05) is 12.1 Å². The van der Waals surface area contributed by atoms with Crippen LogP contribution in [0.5, 0.6) is 0 Å². The summed E-state index contributed by atoms with van der Waals surface area (Å²) in [6, 6.07) is 3.67. The lowest BCUT2D eigenvalue weighted by Crippen LogP contribution is -2.11. The number of halogens is 4. The van der Waals surface area contributed by atoms with Gasteiger partial charge in [-0.2, -0.15) is 13.2 Å². The van der Waals surface area contributed by atoms with Crippen LogP contribution in [0.3, 0.4) is 0 Å². The standard InChI is InChI=1S/C12H11BrF3N/c1-6-4-5-7(2)10-8(6)9(13)11(17(10)3)12(14,15)16/h4-5H,1-3H3. The van der Waals surface area contributed by atoms with Crippen LogP contribution in [0.25, 0.3) is 10.9 Å². The first-order chi connectivity index (χ1) is 7.75. The van der Waals surface area contributed by atoms with E-state index >= 15 is 0 Å². The Morgan fingerprint density at radius 1 is 1.12 bits per heavy atom. The van der Waals surface area contributed by atoms with E-state index in [-0.39, 0.29) is 4.47 Å². The molecule has 1 nitrogen and oxygen atoms in total. The molecular weight excluding hydrogens is 295 g/mol. The van der Waals surface area contributed by atoms with Crippen molar-refractivity contribution in [3.8, 4) is 0 Å². The van der Waals surface area contributed by atoms with Gasteiger partial charge in [-0.15, -0.1) is 0 Å². The minimum atomic E-state index is -4.36. The molecule has 0 saturated heterocycles. The van der Waals surface area contributed by atoms with Crippen LogP contribution >= 0.6 is 15.9 Å². The average Bonchev–Trinajstić information content (AvgIpc) is 2.45. The van der Waals surface area contributed by atoms with E-state index in [9.17, 15) is 13.2 Å². The molecule has 0 aliphatic carbocycles. The molecule has 0 saturated carbocycles. The SMILES string of the molecule is Cc1ccc(C)c2c1c(Br)c(C(F)(F)F)n2C. The first kappa shape index (κ1) is 12.5. The maximum absolute atomic E-state index is 13.0. The Morgan fingerprint density at radius 2 is 1.65 bits per heavy atom. The summed E-state index contributed by atoms with van der Waals surface area (Å²) in [6.45, 7) is 3.63. The lowest BCUT2D eigenvalue weighted by Gasteiger charge is -2.09. The van der Waals surface area contributed by atoms with E-state index in [1.165, 1.54) is 11.6 Å². The summed E-state index contributed by atoms with van der Waals surface area (Å²) in [5, 5.41) is 0.639. The molecular formula is C12H11BrF3N. The van der Waals surface area contributed by atoms with E-state index in [0.29, 0.717) is 10.9 Å². The molecule has 0 fully saturated rings. The quantitative estimate of drug-likeness (QED) is 0.671. The fourth-order valence-electron chi connectivity index (χ4n) is 2.20. The van der Waals surface area contributed by atoms with Crippen LogP contribution in [0.4, 0.5) is 13.2 Å². The van der Waals surface area contributed by atoms with Crippen molar-refractivity contribution in [2.75, 3.05) is 0 Å². The second-order valence-corrected chi connectivity index (χ2v) is 4.94. The van der Waals surface area contributed by atoms with Gasteiger partial charge in [-0.3, -0.25) is 0 Å². The van der Waals surface area contributed by atoms with E-state index in [1.807, 2.05) is 26.0 Å². The lowest BCUT2D eigenvalue weighted by atomic mass is 10.1. The zero-order valence-electron chi connectivity index (χ0n) is 9.61. The van der Waals surface area contributed by atoms with Crippen LogP contribution in [0.1, 0.15) is 16.8 Å². The Kier molecular flexibility index (Phi) is 2.77. The molecule has 1 heterocycles. The first-order valence-electron chi connectivity index (χ1n) is 5.06. The topological polar surface area (TPSA) is 4.93 Å². The Hall–Kier alpha value is -0.970. The number of benzene rings is 1. The predicted molar refractivity (Wildman–Crippen MR) is 65.1 cm³/mol. The molecule has 2 aromatic rings. The number of hydrogen-bond donors (Lipinski definition) is 0. The molecule has 17 heavy (non-hydrogen) atoms. The fraction of sp³-hybridized carbons (Fsp3) is 0.333. The molecule has 0 spiro atoms. The number of hydrogen-bond acceptors (Lipinski definition) is 0. The van der Waals surface area contributed by atoms with E-state index < -0.39 is 11.9 Å². The van der Waals surface area contributed by atoms with Crippen LogP contribution in [0.15, 0.2) is 16.6 Å². The lowest BCUT2D eigenvalue weighted by molar-refractivity contribution is -0.143. The molecule has 1 aromatic carbocycles. The molecule has 0 atom stereocenters. The molecule has 0 aliphatic heterocycles. The van der Waals surface area contributed by atoms with Crippen molar-refractivity contribution < 1.29 is 13.2 Å². The monoisotopic (exact) mass is 305 g/mol. The molecule has 0 bridgehead atoms. The minimum absolute atomic E-state index is 0.128. The molecule has 1 aromatic heterocycles. The van der Waals surface area contributed by atoms with Crippen molar-refractivity contribution in [2.24, 2.45) is 7.05 Å². The number of rotatable bonds is 0. The smallest absolute Gasteiger partial charge is 0.339 e. The molecule has 0 unspecified atom stereocenters. The van der Waals surface area contributed by atoms with E-state index in [1.54, 1.807) is 0 Å². The molecule has 92 valence electrons. The van der Waals surface area contributed by atoms with E-state index in [2.05, 4.69) is 15.9 Å². The van der Waals surface area contributed by atoms with Gasteiger partial charge >= 0.3 is 6.18 Å². The molecule has 0 amide bonds. The summed E-state index contributed by atoms with van der Waals surface area (Å²) in [5.74, 6) is 0. The normalized spacial score (nSPS) is 12.4. The number of alkyl halides is 3. The van der Waals surface area contributed by atoms with Crippen LogP contribution in [-0.2, 0) is 13.2 Å². The minimum Gasteiger partial charge on any atom is -0.339 e. The van der Waals surface area contributed by atoms with Gasteiger partial charge in [0.05, 0.1) is 9.99 Å². The van der Waals surface area contributed by atoms with Gasteiger partial charge < -0.3 is 4.57 Å². The van der Waals surface area contributed by atoms with Gasteiger partial charge in [-0.25, -0.2) is 0 Å². The molecule has 0 N–H and O–H groups in total. The number of fused-ring (bicyclic) bond motifs is 1. The van der Waals surface area contributed by atoms with E-state index in [0.717, 1.165) is 11.1 Å². The predicted octanol–water partition coefficient (Wildman–Crippen LogP) is 4.58. The molecule has 5 heteroatoms. The highest BCUT2D eigenvalue weighted by molar-refractivity contribution is 9.10. The second kappa shape index (κ2) is 3.77. The van der Waals surface area contributed by atoms with Gasteiger partial charge in [0.15, 0.2) is 0 Å². The first-order valence-corrected chi connectivity index (χ1v) is 5.85. The maximum atomic E-state index is 13.0. The van der Waals surface area contributed by atoms with Gasteiger partial charge in [-0.05, 0) is 40.9 Å². The third-order valence-electron chi connectivity index (χ3n) is 2.95. The second-order valence-electron chi connectivity index (χ2n) is 4.14. The van der Waals surface area contributed by atoms with E-state index in [4.69, 9.17) is 0 Å². The third kappa shape index (κ3) is 1.76. The van der Waals surface area contributed by atoms with Gasteiger partial charge in [0, 0.05) is 12.4 Å². The summed E-state index contributed by atoms with van der Waals surface area (Å²) in [4.78, 5) is 0. The maximum Gasteiger partial charge on any atom is 0.432 e. The van der Waals surface area contributed by atoms with Gasteiger partial charge in [0.2, 0.25) is 0 Å². The summed E-state index contributed by atoms with van der Waals surface area (Å²) in [7, 11) is 1.45. The van der Waals surface area contributed by atoms with Gasteiger partial charge in [0.1, 0.15) is 5.69 Å². The van der Waals surface area contributed by atoms with Crippen LogP contribution in [0.2, 0.25) is 0 Å². The zero-order valence-corrected chi connectivity index (χ0v) is 11.2. The Bertz CT molecular complexity index is 551. The summed E-state index contributed by atoms with van der Waals surface area (Å²) in [6.07, 6.45) is -4.36. The molecule has 0 radical (unpaired) electrons. The highest BCUT2D eigenvalue weighted by Gasteiger charge is 2.38. The number of nitrogens with zero attached hydrogens (tertiary/aromatic N) is 1. The molecule has 2 rings (SSSR count). The van der Waals surface area contributed by atoms with Crippen molar-refractivity contribution in [1.29, 1.82) is 0 Å². The Labute approximate surface area is 105 Å². The number of aromatic nitrogens is 1. The Morgan fingerprint density at radius 3 is 2.12 bits per heavy atom. The third-order valence-corrected chi connectivity index (χ3v) is 3.73. The fourth-order valence-corrected chi connectivity index (χ4v) is 3.19.